The Bertz CT molecular complexity index is 1200. The molecule has 1 amide bonds. The summed E-state index contributed by atoms with van der Waals surface area (Å²) >= 11 is 1.22. The topological polar surface area (TPSA) is 69.0 Å². The summed E-state index contributed by atoms with van der Waals surface area (Å²) < 4.78 is 47.2. The SMILES string of the molecule is CCOc1ccc2nc(NC(=O)Cn3c(C(F)(F)F)nc4ccccc43)sc2c1. The molecule has 150 valence electrons. The van der Waals surface area contributed by atoms with Crippen LogP contribution in [0, 0.1) is 0 Å². The molecule has 0 aliphatic heterocycles. The van der Waals surface area contributed by atoms with Crippen molar-refractivity contribution in [3.05, 3.63) is 48.3 Å². The fourth-order valence-corrected chi connectivity index (χ4v) is 3.88. The number of halogens is 3. The monoisotopic (exact) mass is 420 g/mol. The summed E-state index contributed by atoms with van der Waals surface area (Å²) in [6.45, 7) is 1.86. The minimum atomic E-state index is -4.68. The Labute approximate surface area is 166 Å². The van der Waals surface area contributed by atoms with E-state index in [1.54, 1.807) is 30.3 Å². The van der Waals surface area contributed by atoms with Crippen LogP contribution in [0.3, 0.4) is 0 Å². The first-order valence-corrected chi connectivity index (χ1v) is 9.52. The molecule has 0 unspecified atom stereocenters. The van der Waals surface area contributed by atoms with Crippen LogP contribution in [0.1, 0.15) is 12.7 Å². The number of rotatable bonds is 5. The molecule has 2 aromatic carbocycles. The molecule has 4 aromatic rings. The Morgan fingerprint density at radius 3 is 2.72 bits per heavy atom. The third-order valence-corrected chi connectivity index (χ3v) is 5.06. The highest BCUT2D eigenvalue weighted by Gasteiger charge is 2.38. The van der Waals surface area contributed by atoms with E-state index in [-0.39, 0.29) is 11.0 Å². The van der Waals surface area contributed by atoms with Gasteiger partial charge in [-0.1, -0.05) is 23.5 Å². The molecule has 4 rings (SSSR count). The number of alkyl halides is 3. The van der Waals surface area contributed by atoms with Gasteiger partial charge in [-0.2, -0.15) is 13.2 Å². The number of amides is 1. The van der Waals surface area contributed by atoms with Gasteiger partial charge in [0.25, 0.3) is 0 Å². The Hall–Kier alpha value is -3.14. The Balaban J connectivity index is 1.59. The third kappa shape index (κ3) is 3.88. The molecule has 0 saturated carbocycles. The smallest absolute Gasteiger partial charge is 0.449 e. The lowest BCUT2D eigenvalue weighted by molar-refractivity contribution is -0.147. The zero-order valence-electron chi connectivity index (χ0n) is 15.2. The summed E-state index contributed by atoms with van der Waals surface area (Å²) in [6.07, 6.45) is -4.68. The lowest BCUT2D eigenvalue weighted by Crippen LogP contribution is -2.23. The van der Waals surface area contributed by atoms with Gasteiger partial charge in [-0.3, -0.25) is 4.79 Å². The van der Waals surface area contributed by atoms with Gasteiger partial charge in [-0.05, 0) is 37.3 Å². The van der Waals surface area contributed by atoms with Crippen molar-refractivity contribution in [2.24, 2.45) is 0 Å². The number of nitrogens with zero attached hydrogens (tertiary/aromatic N) is 3. The molecule has 0 fully saturated rings. The number of benzene rings is 2. The van der Waals surface area contributed by atoms with E-state index in [0.29, 0.717) is 23.0 Å². The Kier molecular flexibility index (Phi) is 4.87. The van der Waals surface area contributed by atoms with Crippen molar-refractivity contribution in [2.75, 3.05) is 11.9 Å². The molecule has 0 spiro atoms. The maximum atomic E-state index is 13.4. The quantitative estimate of drug-likeness (QED) is 0.508. The summed E-state index contributed by atoms with van der Waals surface area (Å²) in [4.78, 5) is 20.4. The molecule has 2 aromatic heterocycles. The second kappa shape index (κ2) is 7.36. The first-order chi connectivity index (χ1) is 13.8. The summed E-state index contributed by atoms with van der Waals surface area (Å²) in [6, 6.07) is 11.5. The van der Waals surface area contributed by atoms with Crippen LogP contribution in [0.15, 0.2) is 42.5 Å². The van der Waals surface area contributed by atoms with E-state index in [2.05, 4.69) is 15.3 Å². The van der Waals surface area contributed by atoms with E-state index >= 15 is 0 Å². The second-order valence-corrected chi connectivity index (χ2v) is 7.17. The van der Waals surface area contributed by atoms with Gasteiger partial charge in [0.15, 0.2) is 5.13 Å². The Morgan fingerprint density at radius 1 is 1.17 bits per heavy atom. The highest BCUT2D eigenvalue weighted by molar-refractivity contribution is 7.22. The van der Waals surface area contributed by atoms with Gasteiger partial charge in [0.05, 0.1) is 27.9 Å². The number of carbonyl (C=O) groups is 1. The van der Waals surface area contributed by atoms with Crippen molar-refractivity contribution >= 4 is 43.6 Å². The van der Waals surface area contributed by atoms with E-state index in [1.807, 2.05) is 6.92 Å². The predicted octanol–water partition coefficient (Wildman–Crippen LogP) is 4.70. The number of aromatic nitrogens is 3. The maximum Gasteiger partial charge on any atom is 0.449 e. The van der Waals surface area contributed by atoms with Crippen LogP contribution in [0.25, 0.3) is 21.3 Å². The second-order valence-electron chi connectivity index (χ2n) is 6.14. The lowest BCUT2D eigenvalue weighted by atomic mass is 10.3. The van der Waals surface area contributed by atoms with Crippen molar-refractivity contribution < 1.29 is 22.7 Å². The average molecular weight is 420 g/mol. The van der Waals surface area contributed by atoms with E-state index in [4.69, 9.17) is 4.74 Å². The number of hydrogen-bond donors (Lipinski definition) is 1. The van der Waals surface area contributed by atoms with Crippen LogP contribution in [0.4, 0.5) is 18.3 Å². The van der Waals surface area contributed by atoms with E-state index in [9.17, 15) is 18.0 Å². The number of carbonyl (C=O) groups excluding carboxylic acids is 1. The van der Waals surface area contributed by atoms with Gasteiger partial charge in [0.1, 0.15) is 12.3 Å². The summed E-state index contributed by atoms with van der Waals surface area (Å²) in [5.41, 5.74) is 1.08. The van der Waals surface area contributed by atoms with Gasteiger partial charge in [0.2, 0.25) is 11.7 Å². The number of hydrogen-bond acceptors (Lipinski definition) is 5. The van der Waals surface area contributed by atoms with Crippen molar-refractivity contribution in [3.63, 3.8) is 0 Å². The van der Waals surface area contributed by atoms with Crippen LogP contribution in [-0.4, -0.2) is 27.0 Å². The molecule has 0 radical (unpaired) electrons. The number of imidazole rings is 1. The van der Waals surface area contributed by atoms with Crippen LogP contribution >= 0.6 is 11.3 Å². The highest BCUT2D eigenvalue weighted by Crippen LogP contribution is 2.32. The maximum absolute atomic E-state index is 13.4. The molecule has 1 N–H and O–H groups in total. The van der Waals surface area contributed by atoms with Gasteiger partial charge in [0, 0.05) is 0 Å². The molecule has 6 nitrogen and oxygen atoms in total. The van der Waals surface area contributed by atoms with Gasteiger partial charge in [-0.15, -0.1) is 0 Å². The molecule has 2 heterocycles. The number of thiazole rings is 1. The number of ether oxygens (including phenoxy) is 1. The van der Waals surface area contributed by atoms with Gasteiger partial charge in [-0.25, -0.2) is 9.97 Å². The molecule has 29 heavy (non-hydrogen) atoms. The van der Waals surface area contributed by atoms with E-state index < -0.39 is 24.5 Å². The fourth-order valence-electron chi connectivity index (χ4n) is 2.97. The molecular weight excluding hydrogens is 405 g/mol. The molecule has 0 aliphatic carbocycles. The Morgan fingerprint density at radius 2 is 1.97 bits per heavy atom. The summed E-state index contributed by atoms with van der Waals surface area (Å²) in [7, 11) is 0. The molecule has 0 bridgehead atoms. The molecule has 0 aliphatic rings. The van der Waals surface area contributed by atoms with Crippen LogP contribution < -0.4 is 10.1 Å². The normalized spacial score (nSPS) is 11.9. The number of para-hydroxylation sites is 2. The van der Waals surface area contributed by atoms with Crippen LogP contribution in [0.5, 0.6) is 5.75 Å². The largest absolute Gasteiger partial charge is 0.494 e. The summed E-state index contributed by atoms with van der Waals surface area (Å²) in [5.74, 6) is -1.05. The molecular formula is C19H15F3N4O2S. The first kappa shape index (κ1) is 19.2. The van der Waals surface area contributed by atoms with E-state index in [0.717, 1.165) is 9.27 Å². The zero-order chi connectivity index (χ0) is 20.6. The lowest BCUT2D eigenvalue weighted by Gasteiger charge is -2.10. The number of anilines is 1. The first-order valence-electron chi connectivity index (χ1n) is 8.71. The summed E-state index contributed by atoms with van der Waals surface area (Å²) in [5, 5.41) is 2.88. The van der Waals surface area contributed by atoms with Crippen LogP contribution in [-0.2, 0) is 17.5 Å². The third-order valence-electron chi connectivity index (χ3n) is 4.13. The van der Waals surface area contributed by atoms with Crippen molar-refractivity contribution in [1.82, 2.24) is 14.5 Å². The number of nitrogens with one attached hydrogen (secondary N) is 1. The average Bonchev–Trinajstić information content (AvgIpc) is 3.22. The highest BCUT2D eigenvalue weighted by atomic mass is 32.1. The minimum absolute atomic E-state index is 0.177. The van der Waals surface area contributed by atoms with Crippen molar-refractivity contribution in [3.8, 4) is 5.75 Å². The number of fused-ring (bicyclic) bond motifs is 2. The zero-order valence-corrected chi connectivity index (χ0v) is 16.0. The molecule has 10 heteroatoms. The van der Waals surface area contributed by atoms with Gasteiger partial charge < -0.3 is 14.6 Å². The minimum Gasteiger partial charge on any atom is -0.494 e. The fraction of sp³-hybridized carbons (Fsp3) is 0.211. The van der Waals surface area contributed by atoms with E-state index in [1.165, 1.54) is 23.5 Å². The standard InChI is InChI=1S/C19H15F3N4O2S/c1-2-28-11-7-8-13-15(9-11)29-18(24-13)25-16(27)10-26-14-6-4-3-5-12(14)23-17(26)19(20,21)22/h3-9H,2,10H2,1H3,(H,24,25,27). The van der Waals surface area contributed by atoms with Gasteiger partial charge >= 0.3 is 6.18 Å². The van der Waals surface area contributed by atoms with Crippen molar-refractivity contribution in [2.45, 2.75) is 19.6 Å². The van der Waals surface area contributed by atoms with Crippen LogP contribution in [0.2, 0.25) is 0 Å². The molecule has 0 atom stereocenters. The molecule has 0 saturated heterocycles. The predicted molar refractivity (Wildman–Crippen MR) is 104 cm³/mol. The van der Waals surface area contributed by atoms with Crippen molar-refractivity contribution in [1.29, 1.82) is 0 Å².